The third-order valence-corrected chi connectivity index (χ3v) is 1.73. The maximum atomic E-state index is 10.8. The maximum Gasteiger partial charge on any atom is 0.336 e. The van der Waals surface area contributed by atoms with Gasteiger partial charge in [-0.15, -0.1) is 0 Å². The smallest absolute Gasteiger partial charge is 0.336 e. The summed E-state index contributed by atoms with van der Waals surface area (Å²) in [6, 6.07) is 3.20. The first-order valence-corrected chi connectivity index (χ1v) is 5.25. The third-order valence-electron chi connectivity index (χ3n) is 1.73. The van der Waals surface area contributed by atoms with E-state index in [0.717, 1.165) is 12.0 Å². The molecule has 0 fully saturated rings. The van der Waals surface area contributed by atoms with Crippen LogP contribution in [-0.2, 0) is 0 Å². The van der Waals surface area contributed by atoms with Crippen molar-refractivity contribution in [2.24, 2.45) is 0 Å². The summed E-state index contributed by atoms with van der Waals surface area (Å²) < 4.78 is 4.99. The van der Waals surface area contributed by atoms with Gasteiger partial charge in [0.15, 0.2) is 0 Å². The highest BCUT2D eigenvalue weighted by Gasteiger charge is 2.00. The van der Waals surface area contributed by atoms with Gasteiger partial charge in [0, 0.05) is 11.6 Å². The molecule has 0 bridgehead atoms. The lowest BCUT2D eigenvalue weighted by atomic mass is 10.2. The largest absolute Gasteiger partial charge is 0.423 e. The molecule has 0 saturated heterocycles. The molecule has 0 N–H and O–H groups in total. The quantitative estimate of drug-likeness (QED) is 0.647. The Hall–Kier alpha value is -1.57. The van der Waals surface area contributed by atoms with Crippen LogP contribution in [0.3, 0.4) is 0 Å². The minimum Gasteiger partial charge on any atom is -0.423 e. The van der Waals surface area contributed by atoms with E-state index >= 15 is 0 Å². The number of hydrogen-bond acceptors (Lipinski definition) is 2. The fraction of sp³-hybridized carbons (Fsp3) is 0.308. The zero-order valence-electron chi connectivity index (χ0n) is 9.19. The Morgan fingerprint density at radius 1 is 1.20 bits per heavy atom. The van der Waals surface area contributed by atoms with Crippen LogP contribution in [0.15, 0.2) is 33.5 Å². The molecule has 80 valence electrons. The molecule has 1 aliphatic rings. The summed E-state index contributed by atoms with van der Waals surface area (Å²) in [5, 5.41) is 0. The molecule has 0 atom stereocenters. The van der Waals surface area contributed by atoms with Gasteiger partial charge in [-0.2, -0.15) is 0 Å². The van der Waals surface area contributed by atoms with Crippen LogP contribution in [-0.4, -0.2) is 0 Å². The summed E-state index contributed by atoms with van der Waals surface area (Å²) in [6.45, 7) is 4.25. The van der Waals surface area contributed by atoms with Crippen LogP contribution in [0.2, 0.25) is 0 Å². The van der Waals surface area contributed by atoms with E-state index in [2.05, 4.69) is 13.8 Å². The van der Waals surface area contributed by atoms with Crippen molar-refractivity contribution in [2.45, 2.75) is 26.7 Å². The molecular weight excluding hydrogens is 188 g/mol. The van der Waals surface area contributed by atoms with Crippen molar-refractivity contribution in [2.75, 3.05) is 0 Å². The van der Waals surface area contributed by atoms with Crippen molar-refractivity contribution >= 4 is 12.2 Å². The summed E-state index contributed by atoms with van der Waals surface area (Å²) in [4.78, 5) is 10.8. The van der Waals surface area contributed by atoms with Crippen molar-refractivity contribution < 1.29 is 4.42 Å². The van der Waals surface area contributed by atoms with E-state index in [9.17, 15) is 4.79 Å². The van der Waals surface area contributed by atoms with E-state index in [4.69, 9.17) is 4.42 Å². The number of allylic oxidation sites excluding steroid dienone is 2. The molecule has 0 saturated carbocycles. The lowest BCUT2D eigenvalue weighted by Crippen LogP contribution is -1.97. The molecule has 0 unspecified atom stereocenters. The van der Waals surface area contributed by atoms with Gasteiger partial charge in [-0.05, 0) is 18.6 Å². The second-order valence-electron chi connectivity index (χ2n) is 3.32. The first-order valence-electron chi connectivity index (χ1n) is 5.25. The van der Waals surface area contributed by atoms with Gasteiger partial charge < -0.3 is 4.42 Å². The highest BCUT2D eigenvalue weighted by atomic mass is 16.4. The van der Waals surface area contributed by atoms with E-state index in [-0.39, 0.29) is 5.63 Å². The van der Waals surface area contributed by atoms with E-state index in [1.54, 1.807) is 6.07 Å². The van der Waals surface area contributed by atoms with Gasteiger partial charge in [-0.25, -0.2) is 4.79 Å². The van der Waals surface area contributed by atoms with Gasteiger partial charge in [0.2, 0.25) is 0 Å². The average Bonchev–Trinajstić information content (AvgIpc) is 2.43. The van der Waals surface area contributed by atoms with Crippen LogP contribution in [0.1, 0.15) is 38.0 Å². The third kappa shape index (κ3) is 3.58. The highest BCUT2D eigenvalue weighted by Crippen LogP contribution is 2.14. The lowest BCUT2D eigenvalue weighted by molar-refractivity contribution is 0.500. The normalized spacial score (nSPS) is 12.4. The van der Waals surface area contributed by atoms with Gasteiger partial charge in [0.25, 0.3) is 0 Å². The van der Waals surface area contributed by atoms with E-state index < -0.39 is 0 Å². The standard InChI is InChI=1S/C10H8O2.C3H8/c11-10-7-6-8-4-2-1-3-5-9(8)12-10;1-3-2/h2-7H,1H2;3H2,1-2H3. The minimum atomic E-state index is -0.297. The zero-order chi connectivity index (χ0) is 11.1. The van der Waals surface area contributed by atoms with Crippen molar-refractivity contribution in [3.63, 3.8) is 0 Å². The molecular formula is C13H16O2. The average molecular weight is 204 g/mol. The van der Waals surface area contributed by atoms with Gasteiger partial charge in [-0.3, -0.25) is 0 Å². The monoisotopic (exact) mass is 204 g/mol. The fourth-order valence-electron chi connectivity index (χ4n) is 1.16. The lowest BCUT2D eigenvalue weighted by Gasteiger charge is -1.95. The van der Waals surface area contributed by atoms with Crippen molar-refractivity contribution in [1.82, 2.24) is 0 Å². The van der Waals surface area contributed by atoms with Crippen LogP contribution in [0.5, 0.6) is 0 Å². The van der Waals surface area contributed by atoms with Gasteiger partial charge in [0.1, 0.15) is 5.76 Å². The predicted molar refractivity (Wildman–Crippen MR) is 63.6 cm³/mol. The molecule has 2 heteroatoms. The summed E-state index contributed by atoms with van der Waals surface area (Å²) >= 11 is 0. The van der Waals surface area contributed by atoms with E-state index in [1.807, 2.05) is 24.3 Å². The first kappa shape index (κ1) is 11.5. The Morgan fingerprint density at radius 3 is 2.60 bits per heavy atom. The SMILES string of the molecule is CCC.O=c1ccc2c(o1)C=CCC=C2. The van der Waals surface area contributed by atoms with E-state index in [1.165, 1.54) is 12.5 Å². The maximum absolute atomic E-state index is 10.8. The number of hydrogen-bond donors (Lipinski definition) is 0. The number of fused-ring (bicyclic) bond motifs is 1. The van der Waals surface area contributed by atoms with Gasteiger partial charge in [-0.1, -0.05) is 38.5 Å². The first-order chi connectivity index (χ1) is 7.27. The van der Waals surface area contributed by atoms with Crippen LogP contribution in [0.25, 0.3) is 12.2 Å². The molecule has 1 aromatic heterocycles. The molecule has 2 rings (SSSR count). The fourth-order valence-corrected chi connectivity index (χ4v) is 1.16. The van der Waals surface area contributed by atoms with Crippen LogP contribution < -0.4 is 5.63 Å². The topological polar surface area (TPSA) is 30.2 Å². The highest BCUT2D eigenvalue weighted by molar-refractivity contribution is 5.62. The molecule has 1 aliphatic carbocycles. The van der Waals surface area contributed by atoms with Gasteiger partial charge >= 0.3 is 5.63 Å². The molecule has 0 radical (unpaired) electrons. The van der Waals surface area contributed by atoms with Crippen molar-refractivity contribution in [1.29, 1.82) is 0 Å². The number of rotatable bonds is 0. The molecule has 15 heavy (non-hydrogen) atoms. The van der Waals surface area contributed by atoms with Gasteiger partial charge in [0.05, 0.1) is 0 Å². The Kier molecular flexibility index (Phi) is 4.61. The molecule has 0 aliphatic heterocycles. The van der Waals surface area contributed by atoms with Crippen LogP contribution in [0, 0.1) is 0 Å². The molecule has 1 aromatic rings. The zero-order valence-corrected chi connectivity index (χ0v) is 9.19. The second-order valence-corrected chi connectivity index (χ2v) is 3.32. The second kappa shape index (κ2) is 6.02. The predicted octanol–water partition coefficient (Wildman–Crippen LogP) is 3.49. The summed E-state index contributed by atoms with van der Waals surface area (Å²) in [7, 11) is 0. The Bertz CT molecular complexity index is 411. The molecule has 1 heterocycles. The molecule has 0 spiro atoms. The Labute approximate surface area is 89.9 Å². The Morgan fingerprint density at radius 2 is 1.87 bits per heavy atom. The summed E-state index contributed by atoms with van der Waals surface area (Å²) in [5.41, 5.74) is 0.664. The van der Waals surface area contributed by atoms with Crippen molar-refractivity contribution in [3.8, 4) is 0 Å². The van der Waals surface area contributed by atoms with Crippen LogP contribution >= 0.6 is 0 Å². The molecule has 0 amide bonds. The minimum absolute atomic E-state index is 0.297. The summed E-state index contributed by atoms with van der Waals surface area (Å²) in [5.74, 6) is 0.649. The Balaban J connectivity index is 0.000000337. The molecule has 2 nitrogen and oxygen atoms in total. The van der Waals surface area contributed by atoms with E-state index in [0.29, 0.717) is 5.76 Å². The van der Waals surface area contributed by atoms with Crippen molar-refractivity contribution in [3.05, 3.63) is 46.0 Å². The summed E-state index contributed by atoms with van der Waals surface area (Å²) in [6.07, 6.45) is 9.92. The molecule has 0 aromatic carbocycles. The van der Waals surface area contributed by atoms with Crippen LogP contribution in [0.4, 0.5) is 0 Å².